The summed E-state index contributed by atoms with van der Waals surface area (Å²) in [4.78, 5) is 0.228. The summed E-state index contributed by atoms with van der Waals surface area (Å²) < 4.78 is 25.3. The third-order valence-corrected chi connectivity index (χ3v) is 4.57. The van der Waals surface area contributed by atoms with Crippen molar-refractivity contribution >= 4 is 10.0 Å². The predicted octanol–water partition coefficient (Wildman–Crippen LogP) is 1.13. The highest BCUT2D eigenvalue weighted by Crippen LogP contribution is 2.18. The van der Waals surface area contributed by atoms with Gasteiger partial charge in [-0.15, -0.1) is 0 Å². The highest BCUT2D eigenvalue weighted by Gasteiger charge is 2.19. The van der Waals surface area contributed by atoms with Crippen LogP contribution in [0.4, 0.5) is 0 Å². The van der Waals surface area contributed by atoms with Crippen molar-refractivity contribution in [1.82, 2.24) is 4.31 Å². The van der Waals surface area contributed by atoms with Crippen molar-refractivity contribution < 1.29 is 13.5 Å². The molecule has 0 aliphatic rings. The summed E-state index contributed by atoms with van der Waals surface area (Å²) in [7, 11) is -1.88. The first kappa shape index (κ1) is 13.2. The van der Waals surface area contributed by atoms with E-state index in [1.165, 1.54) is 17.4 Å². The van der Waals surface area contributed by atoms with E-state index >= 15 is 0 Å². The van der Waals surface area contributed by atoms with Crippen LogP contribution in [0, 0.1) is 6.92 Å². The molecule has 0 atom stereocenters. The lowest BCUT2D eigenvalue weighted by Gasteiger charge is -2.15. The standard InChI is InChI=1S/C11H17NO3S/c1-4-12(3)16(14,15)11-6-5-9(2)10(7-11)8-13/h5-7,13H,4,8H2,1-3H3. The summed E-state index contributed by atoms with van der Waals surface area (Å²) in [5.74, 6) is 0. The number of nitrogens with zero attached hydrogens (tertiary/aromatic N) is 1. The van der Waals surface area contributed by atoms with E-state index in [-0.39, 0.29) is 11.5 Å². The van der Waals surface area contributed by atoms with Crippen molar-refractivity contribution in [1.29, 1.82) is 0 Å². The summed E-state index contributed by atoms with van der Waals surface area (Å²) in [6.07, 6.45) is 0. The molecule has 0 fully saturated rings. The normalized spacial score (nSPS) is 12.1. The van der Waals surface area contributed by atoms with E-state index in [0.29, 0.717) is 12.1 Å². The predicted molar refractivity (Wildman–Crippen MR) is 62.6 cm³/mol. The zero-order chi connectivity index (χ0) is 12.3. The zero-order valence-electron chi connectivity index (χ0n) is 9.77. The number of hydrogen-bond donors (Lipinski definition) is 1. The van der Waals surface area contributed by atoms with Crippen LogP contribution in [0.1, 0.15) is 18.1 Å². The van der Waals surface area contributed by atoms with E-state index in [2.05, 4.69) is 0 Å². The van der Waals surface area contributed by atoms with Gasteiger partial charge in [0, 0.05) is 13.6 Å². The van der Waals surface area contributed by atoms with Gasteiger partial charge in [-0.05, 0) is 30.2 Å². The van der Waals surface area contributed by atoms with E-state index in [9.17, 15) is 8.42 Å². The van der Waals surface area contributed by atoms with Crippen molar-refractivity contribution in [2.75, 3.05) is 13.6 Å². The van der Waals surface area contributed by atoms with E-state index in [1.807, 2.05) is 6.92 Å². The Balaban J connectivity index is 3.24. The molecule has 0 aliphatic carbocycles. The molecular formula is C11H17NO3S. The first-order valence-electron chi connectivity index (χ1n) is 5.10. The van der Waals surface area contributed by atoms with Gasteiger partial charge in [0.2, 0.25) is 10.0 Å². The fourth-order valence-electron chi connectivity index (χ4n) is 1.33. The second-order valence-corrected chi connectivity index (χ2v) is 5.71. The molecule has 90 valence electrons. The Morgan fingerprint density at radius 3 is 2.50 bits per heavy atom. The van der Waals surface area contributed by atoms with E-state index in [0.717, 1.165) is 5.56 Å². The Hall–Kier alpha value is -0.910. The van der Waals surface area contributed by atoms with Crippen molar-refractivity contribution in [3.63, 3.8) is 0 Å². The maximum atomic E-state index is 12.0. The van der Waals surface area contributed by atoms with Crippen molar-refractivity contribution in [2.24, 2.45) is 0 Å². The zero-order valence-corrected chi connectivity index (χ0v) is 10.6. The van der Waals surface area contributed by atoms with Gasteiger partial charge in [0.1, 0.15) is 0 Å². The van der Waals surface area contributed by atoms with Gasteiger partial charge in [-0.1, -0.05) is 13.0 Å². The van der Waals surface area contributed by atoms with Crippen LogP contribution < -0.4 is 0 Å². The Bertz CT molecular complexity index is 468. The fourth-order valence-corrected chi connectivity index (χ4v) is 2.56. The average Bonchev–Trinajstić information content (AvgIpc) is 2.28. The monoisotopic (exact) mass is 243 g/mol. The molecule has 0 aliphatic heterocycles. The summed E-state index contributed by atoms with van der Waals surface area (Å²) in [5.41, 5.74) is 1.53. The van der Waals surface area contributed by atoms with Crippen LogP contribution in [0.2, 0.25) is 0 Å². The molecule has 1 rings (SSSR count). The fraction of sp³-hybridized carbons (Fsp3) is 0.455. The third-order valence-electron chi connectivity index (χ3n) is 2.64. The molecule has 0 bridgehead atoms. The van der Waals surface area contributed by atoms with Gasteiger partial charge in [-0.25, -0.2) is 12.7 Å². The second-order valence-electron chi connectivity index (χ2n) is 3.67. The number of hydrogen-bond acceptors (Lipinski definition) is 3. The minimum atomic E-state index is -3.42. The third kappa shape index (κ3) is 2.42. The maximum Gasteiger partial charge on any atom is 0.242 e. The molecule has 0 heterocycles. The Labute approximate surface area is 96.6 Å². The summed E-state index contributed by atoms with van der Waals surface area (Å²) in [6.45, 7) is 3.89. The molecule has 5 heteroatoms. The van der Waals surface area contributed by atoms with E-state index in [4.69, 9.17) is 5.11 Å². The van der Waals surface area contributed by atoms with Crippen molar-refractivity contribution in [2.45, 2.75) is 25.3 Å². The molecule has 0 radical (unpaired) electrons. The van der Waals surface area contributed by atoms with Crippen LogP contribution in [0.15, 0.2) is 23.1 Å². The molecule has 1 aromatic rings. The van der Waals surface area contributed by atoms with Crippen LogP contribution in [0.3, 0.4) is 0 Å². The summed E-state index contributed by atoms with van der Waals surface area (Å²) in [5, 5.41) is 9.10. The smallest absolute Gasteiger partial charge is 0.242 e. The summed E-state index contributed by atoms with van der Waals surface area (Å²) in [6, 6.07) is 4.80. The van der Waals surface area contributed by atoms with Crippen LogP contribution in [0.5, 0.6) is 0 Å². The molecule has 16 heavy (non-hydrogen) atoms. The molecule has 1 N–H and O–H groups in total. The number of benzene rings is 1. The first-order valence-corrected chi connectivity index (χ1v) is 6.54. The quantitative estimate of drug-likeness (QED) is 0.862. The molecule has 0 amide bonds. The lowest BCUT2D eigenvalue weighted by Crippen LogP contribution is -2.26. The lowest BCUT2D eigenvalue weighted by molar-refractivity contribution is 0.280. The molecule has 0 aromatic heterocycles. The first-order chi connectivity index (χ1) is 7.43. The van der Waals surface area contributed by atoms with E-state index in [1.54, 1.807) is 19.1 Å². The number of aliphatic hydroxyl groups excluding tert-OH is 1. The van der Waals surface area contributed by atoms with Gasteiger partial charge >= 0.3 is 0 Å². The topological polar surface area (TPSA) is 57.6 Å². The van der Waals surface area contributed by atoms with Gasteiger partial charge in [0.25, 0.3) is 0 Å². The summed E-state index contributed by atoms with van der Waals surface area (Å²) >= 11 is 0. The molecular weight excluding hydrogens is 226 g/mol. The van der Waals surface area contributed by atoms with Crippen LogP contribution in [-0.4, -0.2) is 31.4 Å². The molecule has 1 aromatic carbocycles. The molecule has 0 spiro atoms. The number of rotatable bonds is 4. The second kappa shape index (κ2) is 4.95. The molecule has 0 saturated carbocycles. The van der Waals surface area contributed by atoms with Crippen LogP contribution >= 0.6 is 0 Å². The number of aryl methyl sites for hydroxylation is 1. The van der Waals surface area contributed by atoms with Crippen LogP contribution in [-0.2, 0) is 16.6 Å². The number of sulfonamides is 1. The minimum Gasteiger partial charge on any atom is -0.392 e. The minimum absolute atomic E-state index is 0.148. The van der Waals surface area contributed by atoms with Gasteiger partial charge < -0.3 is 5.11 Å². The largest absolute Gasteiger partial charge is 0.392 e. The van der Waals surface area contributed by atoms with Gasteiger partial charge in [0.15, 0.2) is 0 Å². The maximum absolute atomic E-state index is 12.0. The Morgan fingerprint density at radius 2 is 2.00 bits per heavy atom. The highest BCUT2D eigenvalue weighted by molar-refractivity contribution is 7.89. The molecule has 0 unspecified atom stereocenters. The SMILES string of the molecule is CCN(C)S(=O)(=O)c1ccc(C)c(CO)c1. The molecule has 4 nitrogen and oxygen atoms in total. The Kier molecular flexibility index (Phi) is 4.07. The number of aliphatic hydroxyl groups is 1. The van der Waals surface area contributed by atoms with Crippen molar-refractivity contribution in [3.8, 4) is 0 Å². The van der Waals surface area contributed by atoms with Crippen molar-refractivity contribution in [3.05, 3.63) is 29.3 Å². The highest BCUT2D eigenvalue weighted by atomic mass is 32.2. The van der Waals surface area contributed by atoms with Gasteiger partial charge in [-0.2, -0.15) is 0 Å². The van der Waals surface area contributed by atoms with E-state index < -0.39 is 10.0 Å². The van der Waals surface area contributed by atoms with Gasteiger partial charge in [0.05, 0.1) is 11.5 Å². The van der Waals surface area contributed by atoms with Crippen LogP contribution in [0.25, 0.3) is 0 Å². The molecule has 0 saturated heterocycles. The lowest BCUT2D eigenvalue weighted by atomic mass is 10.1. The van der Waals surface area contributed by atoms with Gasteiger partial charge in [-0.3, -0.25) is 0 Å². The Morgan fingerprint density at radius 1 is 1.38 bits per heavy atom. The average molecular weight is 243 g/mol.